The van der Waals surface area contributed by atoms with E-state index in [0.29, 0.717) is 17.4 Å². The van der Waals surface area contributed by atoms with E-state index in [1.807, 2.05) is 0 Å². The van der Waals surface area contributed by atoms with Gasteiger partial charge >= 0.3 is 0 Å². The summed E-state index contributed by atoms with van der Waals surface area (Å²) in [6.45, 7) is 15.2. The van der Waals surface area contributed by atoms with Crippen LogP contribution in [-0.4, -0.2) is 30.6 Å². The molecular weight excluding hydrogens is 184 g/mol. The quantitative estimate of drug-likeness (QED) is 0.778. The molecule has 0 aliphatic carbocycles. The highest BCUT2D eigenvalue weighted by atomic mass is 15.1. The first-order valence-corrected chi connectivity index (χ1v) is 6.31. The molecule has 0 aromatic heterocycles. The van der Waals surface area contributed by atoms with Crippen LogP contribution in [0.25, 0.3) is 0 Å². The van der Waals surface area contributed by atoms with Gasteiger partial charge in [-0.1, -0.05) is 34.6 Å². The van der Waals surface area contributed by atoms with Crippen molar-refractivity contribution < 1.29 is 0 Å². The molecule has 0 saturated carbocycles. The van der Waals surface area contributed by atoms with Gasteiger partial charge in [0.05, 0.1) is 0 Å². The maximum absolute atomic E-state index is 6.04. The third kappa shape index (κ3) is 3.46. The Bertz CT molecular complexity index is 199. The minimum absolute atomic E-state index is 0.418. The van der Waals surface area contributed by atoms with Crippen molar-refractivity contribution in [2.45, 2.75) is 47.1 Å². The fraction of sp³-hybridized carbons (Fsp3) is 1.00. The van der Waals surface area contributed by atoms with Gasteiger partial charge in [-0.3, -0.25) is 0 Å². The molecule has 0 amide bonds. The van der Waals surface area contributed by atoms with Crippen molar-refractivity contribution in [1.82, 2.24) is 4.90 Å². The minimum Gasteiger partial charge on any atom is -0.327 e. The van der Waals surface area contributed by atoms with Gasteiger partial charge in [0.15, 0.2) is 0 Å². The summed E-state index contributed by atoms with van der Waals surface area (Å²) in [7, 11) is 0. The number of hydrogen-bond acceptors (Lipinski definition) is 2. The van der Waals surface area contributed by atoms with Gasteiger partial charge in [0, 0.05) is 19.1 Å². The maximum Gasteiger partial charge on any atom is 0.00889 e. The van der Waals surface area contributed by atoms with E-state index >= 15 is 0 Å². The lowest BCUT2D eigenvalue weighted by molar-refractivity contribution is 0.0898. The lowest BCUT2D eigenvalue weighted by atomic mass is 9.80. The molecular formula is C13H28N2. The van der Waals surface area contributed by atoms with E-state index in [0.717, 1.165) is 12.3 Å². The molecule has 0 aromatic carbocycles. The fourth-order valence-corrected chi connectivity index (χ4v) is 2.15. The zero-order valence-electron chi connectivity index (χ0n) is 11.1. The van der Waals surface area contributed by atoms with Crippen LogP contribution in [0.15, 0.2) is 0 Å². The Morgan fingerprint density at radius 1 is 1.40 bits per heavy atom. The van der Waals surface area contributed by atoms with Gasteiger partial charge in [0.25, 0.3) is 0 Å². The summed E-state index contributed by atoms with van der Waals surface area (Å²) in [5.41, 5.74) is 6.46. The van der Waals surface area contributed by atoms with E-state index in [9.17, 15) is 0 Å². The van der Waals surface area contributed by atoms with Crippen LogP contribution in [0.5, 0.6) is 0 Å². The van der Waals surface area contributed by atoms with E-state index in [2.05, 4.69) is 39.5 Å². The zero-order valence-corrected chi connectivity index (χ0v) is 11.1. The van der Waals surface area contributed by atoms with Gasteiger partial charge in [-0.15, -0.1) is 0 Å². The number of nitrogens with two attached hydrogens (primary N) is 1. The topological polar surface area (TPSA) is 29.3 Å². The lowest BCUT2D eigenvalue weighted by Crippen LogP contribution is -2.49. The smallest absolute Gasteiger partial charge is 0.00889 e. The summed E-state index contributed by atoms with van der Waals surface area (Å²) in [4.78, 5) is 2.59. The van der Waals surface area contributed by atoms with Crippen molar-refractivity contribution >= 4 is 0 Å². The van der Waals surface area contributed by atoms with Gasteiger partial charge < -0.3 is 10.6 Å². The number of rotatable bonds is 3. The van der Waals surface area contributed by atoms with Crippen molar-refractivity contribution in [3.63, 3.8) is 0 Å². The summed E-state index contributed by atoms with van der Waals surface area (Å²) < 4.78 is 0. The molecule has 1 saturated heterocycles. The van der Waals surface area contributed by atoms with Crippen molar-refractivity contribution in [3.05, 3.63) is 0 Å². The van der Waals surface area contributed by atoms with Crippen molar-refractivity contribution in [1.29, 1.82) is 0 Å². The van der Waals surface area contributed by atoms with Crippen molar-refractivity contribution in [3.8, 4) is 0 Å². The number of piperidine rings is 1. The van der Waals surface area contributed by atoms with E-state index < -0.39 is 0 Å². The molecule has 0 aromatic rings. The van der Waals surface area contributed by atoms with Gasteiger partial charge in [-0.05, 0) is 30.2 Å². The van der Waals surface area contributed by atoms with E-state index in [1.165, 1.54) is 19.6 Å². The average molecular weight is 212 g/mol. The van der Waals surface area contributed by atoms with Gasteiger partial charge in [0.1, 0.15) is 0 Å². The Hall–Kier alpha value is -0.0800. The predicted molar refractivity (Wildman–Crippen MR) is 66.8 cm³/mol. The third-order valence-corrected chi connectivity index (χ3v) is 4.25. The largest absolute Gasteiger partial charge is 0.327 e. The zero-order chi connectivity index (χ0) is 11.6. The molecule has 2 unspecified atom stereocenters. The fourth-order valence-electron chi connectivity index (χ4n) is 2.15. The second kappa shape index (κ2) is 4.84. The summed E-state index contributed by atoms with van der Waals surface area (Å²) in [6.07, 6.45) is 1.16. The third-order valence-electron chi connectivity index (χ3n) is 4.25. The van der Waals surface area contributed by atoms with Gasteiger partial charge in [0.2, 0.25) is 0 Å². The second-order valence-corrected chi connectivity index (χ2v) is 6.31. The SMILES string of the molecule is CC1CN(CC(C)(C)C(C)C)CCC1N. The molecule has 15 heavy (non-hydrogen) atoms. The lowest BCUT2D eigenvalue weighted by Gasteiger charge is -2.41. The van der Waals surface area contributed by atoms with Crippen LogP contribution in [0.2, 0.25) is 0 Å². The molecule has 1 rings (SSSR count). The number of nitrogens with zero attached hydrogens (tertiary/aromatic N) is 1. The van der Waals surface area contributed by atoms with Crippen LogP contribution in [-0.2, 0) is 0 Å². The van der Waals surface area contributed by atoms with E-state index in [-0.39, 0.29) is 0 Å². The Morgan fingerprint density at radius 3 is 2.47 bits per heavy atom. The summed E-state index contributed by atoms with van der Waals surface area (Å²) in [6, 6.07) is 0.420. The molecule has 90 valence electrons. The first-order chi connectivity index (χ1) is 6.83. The number of hydrogen-bond donors (Lipinski definition) is 1. The molecule has 1 aliphatic rings. The molecule has 2 nitrogen and oxygen atoms in total. The van der Waals surface area contributed by atoms with Crippen LogP contribution >= 0.6 is 0 Å². The van der Waals surface area contributed by atoms with Crippen LogP contribution < -0.4 is 5.73 Å². The molecule has 1 aliphatic heterocycles. The summed E-state index contributed by atoms with van der Waals surface area (Å²) >= 11 is 0. The highest BCUT2D eigenvalue weighted by Crippen LogP contribution is 2.28. The Kier molecular flexibility index (Phi) is 4.19. The minimum atomic E-state index is 0.418. The molecule has 0 bridgehead atoms. The molecule has 0 spiro atoms. The first-order valence-electron chi connectivity index (χ1n) is 6.31. The molecule has 2 N–H and O–H groups in total. The monoisotopic (exact) mass is 212 g/mol. The predicted octanol–water partition coefficient (Wildman–Crippen LogP) is 2.34. The standard InChI is InChI=1S/C13H28N2/c1-10(2)13(4,5)9-15-7-6-12(14)11(3)8-15/h10-12H,6-9,14H2,1-5H3. The highest BCUT2D eigenvalue weighted by Gasteiger charge is 2.29. The second-order valence-electron chi connectivity index (χ2n) is 6.31. The average Bonchev–Trinajstić information content (AvgIpc) is 2.10. The summed E-state index contributed by atoms with van der Waals surface area (Å²) in [5, 5.41) is 0. The Labute approximate surface area is 95.2 Å². The van der Waals surface area contributed by atoms with E-state index in [1.54, 1.807) is 0 Å². The van der Waals surface area contributed by atoms with Crippen LogP contribution in [0, 0.1) is 17.3 Å². The number of likely N-dealkylation sites (tertiary alicyclic amines) is 1. The molecule has 0 radical (unpaired) electrons. The van der Waals surface area contributed by atoms with Gasteiger partial charge in [-0.25, -0.2) is 0 Å². The Morgan fingerprint density at radius 2 is 2.00 bits per heavy atom. The normalized spacial score (nSPS) is 29.8. The van der Waals surface area contributed by atoms with Gasteiger partial charge in [-0.2, -0.15) is 0 Å². The maximum atomic E-state index is 6.04. The van der Waals surface area contributed by atoms with Crippen LogP contribution in [0.4, 0.5) is 0 Å². The molecule has 2 heteroatoms. The molecule has 1 fully saturated rings. The highest BCUT2D eigenvalue weighted by molar-refractivity contribution is 4.84. The Balaban J connectivity index is 2.46. The van der Waals surface area contributed by atoms with Crippen molar-refractivity contribution in [2.24, 2.45) is 23.0 Å². The van der Waals surface area contributed by atoms with Crippen LogP contribution in [0.1, 0.15) is 41.0 Å². The van der Waals surface area contributed by atoms with Crippen LogP contribution in [0.3, 0.4) is 0 Å². The molecule has 2 atom stereocenters. The summed E-state index contributed by atoms with van der Waals surface area (Å²) in [5.74, 6) is 1.39. The first kappa shape index (κ1) is 13.0. The van der Waals surface area contributed by atoms with Crippen molar-refractivity contribution in [2.75, 3.05) is 19.6 Å². The van der Waals surface area contributed by atoms with E-state index in [4.69, 9.17) is 5.73 Å². The molecule has 1 heterocycles.